The third kappa shape index (κ3) is 7.40. The average molecular weight is 354 g/mol. The third-order valence-corrected chi connectivity index (χ3v) is 4.53. The Labute approximate surface area is 142 Å². The molecule has 2 rings (SSSR count). The monoisotopic (exact) mass is 354 g/mol. The average Bonchev–Trinajstić information content (AvgIpc) is 3.20. The fraction of sp³-hybridized carbons (Fsp3) is 0.375. The molecular weight excluding hydrogens is 336 g/mol. The number of carbonyl (C=O) groups excluding carboxylic acids is 2. The molecule has 5 nitrogen and oxygen atoms in total. The zero-order valence-corrected chi connectivity index (χ0v) is 14.2. The Morgan fingerprint density at radius 3 is 1.65 bits per heavy atom. The Bertz CT molecular complexity index is 525. The molecule has 2 aromatic heterocycles. The van der Waals surface area contributed by atoms with E-state index in [1.54, 1.807) is 0 Å². The Morgan fingerprint density at radius 2 is 1.26 bits per heavy atom. The maximum absolute atomic E-state index is 11.5. The molecule has 0 aromatic carbocycles. The number of hydrogen-bond donors (Lipinski definition) is 0. The first kappa shape index (κ1) is 17.7. The van der Waals surface area contributed by atoms with Crippen LogP contribution in [0.15, 0.2) is 35.0 Å². The van der Waals surface area contributed by atoms with Crippen molar-refractivity contribution < 1.29 is 23.8 Å². The highest BCUT2D eigenvalue weighted by Crippen LogP contribution is 2.10. The molecule has 0 N–H and O–H groups in total. The molecule has 0 spiro atoms. The van der Waals surface area contributed by atoms with Gasteiger partial charge in [0, 0.05) is 9.75 Å². The standard InChI is InChI=1S/C16H18O5S2/c17-15(11-13-3-1-9-22-13)20-7-5-19-6-8-21-16(18)12-14-4-2-10-23-14/h1-4,9-10H,5-8,11-12H2. The summed E-state index contributed by atoms with van der Waals surface area (Å²) in [7, 11) is 0. The predicted molar refractivity (Wildman–Crippen MR) is 88.8 cm³/mol. The van der Waals surface area contributed by atoms with Gasteiger partial charge in [-0.2, -0.15) is 0 Å². The van der Waals surface area contributed by atoms with E-state index in [-0.39, 0.29) is 38.0 Å². The molecule has 23 heavy (non-hydrogen) atoms. The van der Waals surface area contributed by atoms with Gasteiger partial charge in [0.05, 0.1) is 26.1 Å². The van der Waals surface area contributed by atoms with Crippen molar-refractivity contribution in [1.82, 2.24) is 0 Å². The zero-order valence-electron chi connectivity index (χ0n) is 12.6. The van der Waals surface area contributed by atoms with Gasteiger partial charge in [0.1, 0.15) is 13.2 Å². The molecule has 0 unspecified atom stereocenters. The minimum absolute atomic E-state index is 0.202. The zero-order chi connectivity index (χ0) is 16.3. The number of ether oxygens (including phenoxy) is 3. The summed E-state index contributed by atoms with van der Waals surface area (Å²) in [6, 6.07) is 7.59. The molecule has 0 aliphatic rings. The lowest BCUT2D eigenvalue weighted by Gasteiger charge is -2.06. The molecule has 0 atom stereocenters. The lowest BCUT2D eigenvalue weighted by atomic mass is 10.3. The van der Waals surface area contributed by atoms with Crippen molar-refractivity contribution in [1.29, 1.82) is 0 Å². The Balaban J connectivity index is 1.43. The minimum Gasteiger partial charge on any atom is -0.463 e. The summed E-state index contributed by atoms with van der Waals surface area (Å²) >= 11 is 3.05. The van der Waals surface area contributed by atoms with Crippen molar-refractivity contribution in [2.75, 3.05) is 26.4 Å². The summed E-state index contributed by atoms with van der Waals surface area (Å²) in [6.07, 6.45) is 0.579. The highest BCUT2D eigenvalue weighted by atomic mass is 32.1. The molecule has 0 saturated heterocycles. The second-order valence-electron chi connectivity index (χ2n) is 4.57. The summed E-state index contributed by atoms with van der Waals surface area (Å²) in [5.41, 5.74) is 0. The van der Waals surface area contributed by atoms with Gasteiger partial charge in [-0.3, -0.25) is 9.59 Å². The fourth-order valence-electron chi connectivity index (χ4n) is 1.74. The Hall–Kier alpha value is -1.70. The van der Waals surface area contributed by atoms with Gasteiger partial charge in [0.2, 0.25) is 0 Å². The van der Waals surface area contributed by atoms with E-state index in [0.29, 0.717) is 13.2 Å². The molecule has 0 saturated carbocycles. The lowest BCUT2D eigenvalue weighted by molar-refractivity contribution is -0.145. The largest absolute Gasteiger partial charge is 0.463 e. The van der Waals surface area contributed by atoms with Crippen molar-refractivity contribution in [3.8, 4) is 0 Å². The number of thiophene rings is 2. The van der Waals surface area contributed by atoms with E-state index in [1.165, 1.54) is 22.7 Å². The first-order chi connectivity index (χ1) is 11.2. The maximum Gasteiger partial charge on any atom is 0.311 e. The van der Waals surface area contributed by atoms with Gasteiger partial charge in [-0.15, -0.1) is 22.7 Å². The van der Waals surface area contributed by atoms with E-state index >= 15 is 0 Å². The van der Waals surface area contributed by atoms with Crippen LogP contribution in [0.3, 0.4) is 0 Å². The van der Waals surface area contributed by atoms with Crippen LogP contribution >= 0.6 is 22.7 Å². The van der Waals surface area contributed by atoms with Crippen LogP contribution in [0.1, 0.15) is 9.75 Å². The highest BCUT2D eigenvalue weighted by Gasteiger charge is 2.06. The van der Waals surface area contributed by atoms with Crippen molar-refractivity contribution >= 4 is 34.6 Å². The lowest BCUT2D eigenvalue weighted by Crippen LogP contribution is -2.15. The number of rotatable bonds is 10. The second-order valence-corrected chi connectivity index (χ2v) is 6.63. The van der Waals surface area contributed by atoms with Crippen LogP contribution in [-0.2, 0) is 36.6 Å². The van der Waals surface area contributed by atoms with Gasteiger partial charge in [-0.1, -0.05) is 12.1 Å². The molecule has 2 heterocycles. The molecule has 0 radical (unpaired) electrons. The SMILES string of the molecule is O=C(Cc1cccs1)OCCOCCOC(=O)Cc1cccs1. The topological polar surface area (TPSA) is 61.8 Å². The normalized spacial score (nSPS) is 10.4. The molecule has 0 bridgehead atoms. The molecule has 0 aliphatic carbocycles. The number of esters is 2. The van der Waals surface area contributed by atoms with Gasteiger partial charge in [-0.05, 0) is 22.9 Å². The minimum atomic E-state index is -0.265. The van der Waals surface area contributed by atoms with E-state index in [4.69, 9.17) is 14.2 Å². The third-order valence-electron chi connectivity index (χ3n) is 2.78. The van der Waals surface area contributed by atoms with Crippen LogP contribution in [0.2, 0.25) is 0 Å². The Morgan fingerprint density at radius 1 is 0.783 bits per heavy atom. The van der Waals surface area contributed by atoms with Crippen molar-refractivity contribution in [2.45, 2.75) is 12.8 Å². The molecule has 2 aromatic rings. The molecule has 0 fully saturated rings. The quantitative estimate of drug-likeness (QED) is 0.485. The van der Waals surface area contributed by atoms with Gasteiger partial charge in [0.25, 0.3) is 0 Å². The van der Waals surface area contributed by atoms with E-state index in [1.807, 2.05) is 35.0 Å². The van der Waals surface area contributed by atoms with Gasteiger partial charge < -0.3 is 14.2 Å². The fourth-order valence-corrected chi connectivity index (χ4v) is 3.12. The van der Waals surface area contributed by atoms with Crippen LogP contribution in [0.25, 0.3) is 0 Å². The predicted octanol–water partition coefficient (Wildman–Crippen LogP) is 2.70. The molecule has 0 amide bonds. The first-order valence-electron chi connectivity index (χ1n) is 7.18. The Kier molecular flexibility index (Phi) is 7.79. The van der Waals surface area contributed by atoms with Crippen molar-refractivity contribution in [3.63, 3.8) is 0 Å². The summed E-state index contributed by atoms with van der Waals surface area (Å²) in [4.78, 5) is 25.0. The van der Waals surface area contributed by atoms with Crippen LogP contribution in [0, 0.1) is 0 Å². The molecular formula is C16H18O5S2. The van der Waals surface area contributed by atoms with Gasteiger partial charge in [-0.25, -0.2) is 0 Å². The van der Waals surface area contributed by atoms with E-state index in [2.05, 4.69) is 0 Å². The van der Waals surface area contributed by atoms with Crippen LogP contribution in [0.5, 0.6) is 0 Å². The van der Waals surface area contributed by atoms with E-state index in [9.17, 15) is 9.59 Å². The summed E-state index contributed by atoms with van der Waals surface area (Å²) in [5, 5.41) is 3.84. The first-order valence-corrected chi connectivity index (χ1v) is 8.94. The van der Waals surface area contributed by atoms with Crippen molar-refractivity contribution in [3.05, 3.63) is 44.8 Å². The summed E-state index contributed by atoms with van der Waals surface area (Å²) < 4.78 is 15.4. The number of carbonyl (C=O) groups is 2. The van der Waals surface area contributed by atoms with Gasteiger partial charge >= 0.3 is 11.9 Å². The summed E-state index contributed by atoms with van der Waals surface area (Å²) in [6.45, 7) is 0.984. The summed E-state index contributed by atoms with van der Waals surface area (Å²) in [5.74, 6) is -0.531. The van der Waals surface area contributed by atoms with E-state index < -0.39 is 0 Å². The highest BCUT2D eigenvalue weighted by molar-refractivity contribution is 7.10. The van der Waals surface area contributed by atoms with Crippen LogP contribution in [-0.4, -0.2) is 38.4 Å². The molecule has 7 heteroatoms. The maximum atomic E-state index is 11.5. The van der Waals surface area contributed by atoms with E-state index in [0.717, 1.165) is 9.75 Å². The second kappa shape index (κ2) is 10.1. The van der Waals surface area contributed by atoms with Crippen molar-refractivity contribution in [2.24, 2.45) is 0 Å². The van der Waals surface area contributed by atoms with Gasteiger partial charge in [0.15, 0.2) is 0 Å². The van der Waals surface area contributed by atoms with Crippen LogP contribution < -0.4 is 0 Å². The smallest absolute Gasteiger partial charge is 0.311 e. The van der Waals surface area contributed by atoms with Crippen LogP contribution in [0.4, 0.5) is 0 Å². The number of hydrogen-bond acceptors (Lipinski definition) is 7. The molecule has 0 aliphatic heterocycles. The molecule has 124 valence electrons.